The summed E-state index contributed by atoms with van der Waals surface area (Å²) in [5.74, 6) is 0.303. The molecule has 1 fully saturated rings. The maximum absolute atomic E-state index is 12.7. The lowest BCUT2D eigenvalue weighted by Crippen LogP contribution is -2.35. The normalized spacial score (nSPS) is 17.0. The highest BCUT2D eigenvalue weighted by atomic mass is 16.5. The van der Waals surface area contributed by atoms with Crippen LogP contribution in [0.15, 0.2) is 11.9 Å². The quantitative estimate of drug-likeness (QED) is 0.0517. The molecule has 7 nitrogen and oxygen atoms in total. The lowest BCUT2D eigenvalue weighted by Gasteiger charge is -2.24. The number of allylic oxidation sites excluding steroid dienone is 1. The number of unbranched alkanes of at least 4 members (excludes halogenated alkanes) is 16. The monoisotopic (exact) mass is 678 g/mol. The Bertz CT molecular complexity index is 789. The SMILES string of the molecule is CCCCCCCCC(CCCCCCCC)OC(=O)CCCCCCCOC[C@@H]1CC(N/C=C(\N)CC)CN1CCCCCC(C)=O. The Hall–Kier alpha value is -1.60. The molecule has 2 atom stereocenters. The average Bonchev–Trinajstić information content (AvgIpc) is 3.46. The molecule has 48 heavy (non-hydrogen) atoms. The van der Waals surface area contributed by atoms with Crippen LogP contribution in [0.4, 0.5) is 0 Å². The molecule has 1 aliphatic heterocycles. The van der Waals surface area contributed by atoms with E-state index in [4.69, 9.17) is 15.2 Å². The average molecular weight is 678 g/mol. The number of carbonyl (C=O) groups is 2. The van der Waals surface area contributed by atoms with Crippen molar-refractivity contribution in [3.63, 3.8) is 0 Å². The number of nitrogens with one attached hydrogen (secondary N) is 1. The molecule has 1 aliphatic rings. The minimum atomic E-state index is 0.0148. The van der Waals surface area contributed by atoms with Gasteiger partial charge >= 0.3 is 5.97 Å². The molecule has 282 valence electrons. The second-order valence-electron chi connectivity index (χ2n) is 14.7. The lowest BCUT2D eigenvalue weighted by molar-refractivity contribution is -0.150. The van der Waals surface area contributed by atoms with E-state index in [9.17, 15) is 9.59 Å². The maximum Gasteiger partial charge on any atom is 0.306 e. The van der Waals surface area contributed by atoms with E-state index >= 15 is 0 Å². The third-order valence-corrected chi connectivity index (χ3v) is 9.95. The molecule has 0 radical (unpaired) electrons. The molecule has 1 heterocycles. The first-order valence-electron chi connectivity index (χ1n) is 20.6. The number of hydrogen-bond acceptors (Lipinski definition) is 7. The third-order valence-electron chi connectivity index (χ3n) is 9.95. The van der Waals surface area contributed by atoms with Crippen LogP contribution in [0.25, 0.3) is 0 Å². The fourth-order valence-electron chi connectivity index (χ4n) is 6.78. The summed E-state index contributed by atoms with van der Waals surface area (Å²) in [6.07, 6.45) is 31.3. The summed E-state index contributed by atoms with van der Waals surface area (Å²) in [6, 6.07) is 0.817. The van der Waals surface area contributed by atoms with Crippen molar-refractivity contribution in [2.45, 2.75) is 213 Å². The van der Waals surface area contributed by atoms with E-state index in [1.165, 1.54) is 77.0 Å². The zero-order valence-electron chi connectivity index (χ0n) is 32.2. The number of likely N-dealkylation sites (tertiary alicyclic amines) is 1. The number of Topliss-reactive ketones (excluding diaryl/α,β-unsaturated/α-hetero) is 1. The summed E-state index contributed by atoms with van der Waals surface area (Å²) in [5.41, 5.74) is 6.91. The number of esters is 1. The van der Waals surface area contributed by atoms with Gasteiger partial charge in [0.05, 0.1) is 6.61 Å². The highest BCUT2D eigenvalue weighted by Crippen LogP contribution is 2.21. The Morgan fingerprint density at radius 3 is 1.96 bits per heavy atom. The zero-order valence-corrected chi connectivity index (χ0v) is 32.2. The molecule has 0 amide bonds. The van der Waals surface area contributed by atoms with Gasteiger partial charge in [0, 0.05) is 50.0 Å². The number of nitrogens with two attached hydrogens (primary N) is 1. The fraction of sp³-hybridized carbons (Fsp3) is 0.902. The second kappa shape index (κ2) is 31.4. The van der Waals surface area contributed by atoms with E-state index in [2.05, 4.69) is 31.0 Å². The van der Waals surface area contributed by atoms with Crippen LogP contribution in [0.1, 0.15) is 195 Å². The van der Waals surface area contributed by atoms with Crippen LogP contribution in [0.5, 0.6) is 0 Å². The van der Waals surface area contributed by atoms with Crippen molar-refractivity contribution in [2.75, 3.05) is 26.3 Å². The summed E-state index contributed by atoms with van der Waals surface area (Å²) in [5, 5.41) is 3.53. The van der Waals surface area contributed by atoms with Gasteiger partial charge in [-0.25, -0.2) is 0 Å². The Labute approximate surface area is 297 Å². The second-order valence-corrected chi connectivity index (χ2v) is 14.7. The van der Waals surface area contributed by atoms with Gasteiger partial charge < -0.3 is 25.3 Å². The first-order chi connectivity index (χ1) is 23.4. The van der Waals surface area contributed by atoms with E-state index in [1.54, 1.807) is 6.92 Å². The first-order valence-corrected chi connectivity index (χ1v) is 20.6. The molecule has 1 unspecified atom stereocenters. The van der Waals surface area contributed by atoms with Gasteiger partial charge in [0.15, 0.2) is 0 Å². The van der Waals surface area contributed by atoms with Crippen molar-refractivity contribution in [1.29, 1.82) is 0 Å². The number of nitrogens with zero attached hydrogens (tertiary/aromatic N) is 1. The summed E-state index contributed by atoms with van der Waals surface area (Å²) < 4.78 is 12.2. The van der Waals surface area contributed by atoms with Gasteiger partial charge in [-0.05, 0) is 77.7 Å². The zero-order chi connectivity index (χ0) is 35.1. The van der Waals surface area contributed by atoms with E-state index in [-0.39, 0.29) is 17.9 Å². The van der Waals surface area contributed by atoms with Crippen molar-refractivity contribution >= 4 is 11.8 Å². The molecule has 0 aromatic carbocycles. The minimum absolute atomic E-state index is 0.0148. The van der Waals surface area contributed by atoms with Gasteiger partial charge in [-0.15, -0.1) is 0 Å². The molecule has 7 heteroatoms. The van der Waals surface area contributed by atoms with Crippen molar-refractivity contribution < 1.29 is 19.1 Å². The number of hydrogen-bond donors (Lipinski definition) is 2. The van der Waals surface area contributed by atoms with Gasteiger partial charge in [0.2, 0.25) is 0 Å². The highest BCUT2D eigenvalue weighted by molar-refractivity contribution is 5.75. The molecule has 1 rings (SSSR count). The molecular formula is C41H79N3O4. The molecule has 0 bridgehead atoms. The highest BCUT2D eigenvalue weighted by Gasteiger charge is 2.31. The molecule has 1 saturated heterocycles. The summed E-state index contributed by atoms with van der Waals surface area (Å²) >= 11 is 0. The standard InChI is InChI=1S/C41H79N3O4/c1-5-8-10-12-15-21-27-40(28-22-16-13-11-9-6-2)48-41(46)29-23-17-14-18-25-31-47-35-39-32-38(43-33-37(42)7-3)34-44(39)30-24-19-20-26-36(4)45/h33,38-40,43H,5-32,34-35,42H2,1-4H3/b37-33-/t38?,39-/m0/s1. The van der Waals surface area contributed by atoms with Crippen molar-refractivity contribution in [1.82, 2.24) is 10.2 Å². The molecule has 0 saturated carbocycles. The van der Waals surface area contributed by atoms with E-state index < -0.39 is 0 Å². The lowest BCUT2D eigenvalue weighted by atomic mass is 10.0. The number of rotatable bonds is 34. The number of ether oxygens (including phenoxy) is 2. The van der Waals surface area contributed by atoms with Crippen LogP contribution in [-0.4, -0.2) is 61.1 Å². The Kier molecular flexibility index (Phi) is 29.0. The van der Waals surface area contributed by atoms with E-state index in [0.29, 0.717) is 24.9 Å². The number of ketones is 1. The van der Waals surface area contributed by atoms with Gasteiger partial charge in [0.25, 0.3) is 0 Å². The van der Waals surface area contributed by atoms with Crippen LogP contribution in [-0.2, 0) is 19.1 Å². The Morgan fingerprint density at radius 1 is 0.771 bits per heavy atom. The smallest absolute Gasteiger partial charge is 0.306 e. The summed E-state index contributed by atoms with van der Waals surface area (Å²) in [7, 11) is 0. The van der Waals surface area contributed by atoms with Crippen LogP contribution in [0, 0.1) is 0 Å². The van der Waals surface area contributed by atoms with Crippen LogP contribution in [0.3, 0.4) is 0 Å². The van der Waals surface area contributed by atoms with Crippen molar-refractivity contribution in [3.8, 4) is 0 Å². The molecule has 3 N–H and O–H groups in total. The molecule has 0 aliphatic carbocycles. The first kappa shape index (κ1) is 44.4. The van der Waals surface area contributed by atoms with Gasteiger partial charge in [0.1, 0.15) is 11.9 Å². The maximum atomic E-state index is 12.7. The van der Waals surface area contributed by atoms with Crippen molar-refractivity contribution in [2.24, 2.45) is 5.73 Å². The molecule has 0 spiro atoms. The summed E-state index contributed by atoms with van der Waals surface area (Å²) in [6.45, 7) is 11.9. The van der Waals surface area contributed by atoms with Gasteiger partial charge in [-0.3, -0.25) is 9.69 Å². The van der Waals surface area contributed by atoms with Crippen LogP contribution < -0.4 is 11.1 Å². The number of carbonyl (C=O) groups excluding carboxylic acids is 2. The Balaban J connectivity index is 2.26. The van der Waals surface area contributed by atoms with Crippen molar-refractivity contribution in [3.05, 3.63) is 11.9 Å². The van der Waals surface area contributed by atoms with E-state index in [0.717, 1.165) is 109 Å². The van der Waals surface area contributed by atoms with Gasteiger partial charge in [-0.2, -0.15) is 0 Å². The molecule has 0 aromatic heterocycles. The minimum Gasteiger partial charge on any atom is -0.462 e. The van der Waals surface area contributed by atoms with Gasteiger partial charge in [-0.1, -0.05) is 111 Å². The largest absolute Gasteiger partial charge is 0.462 e. The molecule has 0 aromatic rings. The third kappa shape index (κ3) is 25.4. The van der Waals surface area contributed by atoms with Crippen LogP contribution in [0.2, 0.25) is 0 Å². The topological polar surface area (TPSA) is 93.9 Å². The fourth-order valence-corrected chi connectivity index (χ4v) is 6.78. The van der Waals surface area contributed by atoms with Crippen LogP contribution >= 0.6 is 0 Å². The Morgan fingerprint density at radius 2 is 1.33 bits per heavy atom. The molecular weight excluding hydrogens is 598 g/mol. The van der Waals surface area contributed by atoms with E-state index in [1.807, 2.05) is 6.20 Å². The predicted molar refractivity (Wildman–Crippen MR) is 203 cm³/mol. The summed E-state index contributed by atoms with van der Waals surface area (Å²) in [4.78, 5) is 26.5. The predicted octanol–water partition coefficient (Wildman–Crippen LogP) is 10.1.